The summed E-state index contributed by atoms with van der Waals surface area (Å²) in [6, 6.07) is 35.7. The van der Waals surface area contributed by atoms with Crippen LogP contribution in [-0.2, 0) is 27.4 Å². The van der Waals surface area contributed by atoms with Crippen molar-refractivity contribution in [2.24, 2.45) is 11.8 Å². The van der Waals surface area contributed by atoms with Gasteiger partial charge in [0.05, 0.1) is 30.1 Å². The quantitative estimate of drug-likeness (QED) is 0.0865. The smallest absolute Gasteiger partial charge is 0.414 e. The molecule has 10 rings (SSSR count). The van der Waals surface area contributed by atoms with Gasteiger partial charge in [0.15, 0.2) is 21.7 Å². The first-order chi connectivity index (χ1) is 34.2. The average molecular weight is 983 g/mol. The minimum Gasteiger partial charge on any atom is -0.476 e. The molecule has 0 saturated heterocycles. The highest BCUT2D eigenvalue weighted by Gasteiger charge is 2.50. The summed E-state index contributed by atoms with van der Waals surface area (Å²) in [6.45, 7) is 8.18. The number of carbonyl (C=O) groups excluding carboxylic acids is 3. The predicted molar refractivity (Wildman–Crippen MR) is 272 cm³/mol. The molecule has 6 aromatic rings. The lowest BCUT2D eigenvalue weighted by Gasteiger charge is -2.46. The maximum Gasteiger partial charge on any atom is 0.414 e. The highest BCUT2D eigenvalue weighted by molar-refractivity contribution is 7.14. The number of benzene rings is 4. The van der Waals surface area contributed by atoms with Crippen molar-refractivity contribution in [2.75, 3.05) is 39.3 Å². The Morgan fingerprint density at radius 3 is 1.44 bits per heavy atom. The van der Waals surface area contributed by atoms with Gasteiger partial charge in [-0.05, 0) is 80.8 Å². The van der Waals surface area contributed by atoms with Crippen LogP contribution in [0.15, 0.2) is 120 Å². The van der Waals surface area contributed by atoms with E-state index in [2.05, 4.69) is 45.7 Å². The zero-order valence-electron chi connectivity index (χ0n) is 39.6. The van der Waals surface area contributed by atoms with Crippen molar-refractivity contribution in [3.05, 3.63) is 154 Å². The Balaban J connectivity index is 0.000000174. The number of carboxylic acid groups (broad SMARTS) is 1. The van der Waals surface area contributed by atoms with Crippen molar-refractivity contribution in [1.82, 2.24) is 9.97 Å². The minimum absolute atomic E-state index is 0.0136. The van der Waals surface area contributed by atoms with Crippen molar-refractivity contribution in [3.63, 3.8) is 0 Å². The van der Waals surface area contributed by atoms with E-state index >= 15 is 0 Å². The maximum absolute atomic E-state index is 13.5. The first-order valence-corrected chi connectivity index (χ1v) is 26.0. The van der Waals surface area contributed by atoms with Crippen LogP contribution in [0.4, 0.5) is 31.2 Å². The number of carboxylic acids is 1. The third-order valence-electron chi connectivity index (χ3n) is 13.9. The first kappa shape index (κ1) is 48.3. The lowest BCUT2D eigenvalue weighted by molar-refractivity contribution is 0.0519. The third kappa shape index (κ3) is 9.84. The van der Waals surface area contributed by atoms with Gasteiger partial charge in [-0.15, -0.1) is 22.7 Å². The van der Waals surface area contributed by atoms with Gasteiger partial charge in [-0.25, -0.2) is 29.1 Å². The second kappa shape index (κ2) is 21.9. The summed E-state index contributed by atoms with van der Waals surface area (Å²) in [4.78, 5) is 67.8. The molecule has 4 heterocycles. The molecule has 2 saturated carbocycles. The number of carbonyl (C=O) groups is 4. The number of para-hydroxylation sites is 2. The van der Waals surface area contributed by atoms with Crippen LogP contribution < -0.4 is 19.6 Å². The molecule has 4 aliphatic rings. The fourth-order valence-corrected chi connectivity index (χ4v) is 12.8. The van der Waals surface area contributed by atoms with E-state index in [0.29, 0.717) is 24.0 Å². The van der Waals surface area contributed by atoms with Gasteiger partial charge in [-0.2, -0.15) is 0 Å². The van der Waals surface area contributed by atoms with Crippen molar-refractivity contribution < 1.29 is 38.5 Å². The molecule has 16 heteroatoms. The number of nitrogens with zero attached hydrogens (tertiary/aromatic N) is 6. The van der Waals surface area contributed by atoms with Crippen LogP contribution in [0.25, 0.3) is 0 Å². The third-order valence-corrected chi connectivity index (χ3v) is 15.7. The molecule has 364 valence electrons. The molecule has 2 aliphatic carbocycles. The molecule has 6 unspecified atom stereocenters. The number of ether oxygens (including phenoxy) is 3. The normalized spacial score (nSPS) is 20.7. The van der Waals surface area contributed by atoms with Gasteiger partial charge in [0, 0.05) is 47.8 Å². The van der Waals surface area contributed by atoms with Gasteiger partial charge in [0.25, 0.3) is 0 Å². The standard InChI is InChI=1S/C28H31N3O4S.C26H27N3O4S/c1-3-30(27-29-22(18-36-27)26(32)34-4-2)25-20-13-8-9-15-23(20)31(24-16-10-14-21(24)25)28(33)35-17-19-11-6-5-7-12-19;1-2-28(25-27-20(16-34-25)24(30)31)23-18-11-6-7-13-21(18)29(22-14-8-12-19(22)23)26(32)33-15-17-9-4-3-5-10-17/h5-9,11-13,15,18,21,24-25H,3-4,10,14,16-17H2,1-2H3;3-7,9-11,13,16,19,22-23H,2,8,12,14-15H2,1H3,(H,30,31). The van der Waals surface area contributed by atoms with Crippen LogP contribution in [0.5, 0.6) is 0 Å². The van der Waals surface area contributed by atoms with Crippen molar-refractivity contribution in [3.8, 4) is 0 Å². The molecule has 0 radical (unpaired) electrons. The summed E-state index contributed by atoms with van der Waals surface area (Å²) in [7, 11) is 0. The summed E-state index contributed by atoms with van der Waals surface area (Å²) < 4.78 is 16.7. The van der Waals surface area contributed by atoms with Gasteiger partial charge in [0.2, 0.25) is 0 Å². The molecular weight excluding hydrogens is 925 g/mol. The van der Waals surface area contributed by atoms with E-state index in [1.807, 2.05) is 107 Å². The van der Waals surface area contributed by atoms with Crippen LogP contribution in [-0.4, -0.2) is 71.0 Å². The number of anilines is 4. The molecule has 2 aliphatic heterocycles. The number of esters is 1. The zero-order chi connectivity index (χ0) is 48.7. The summed E-state index contributed by atoms with van der Waals surface area (Å²) >= 11 is 2.82. The van der Waals surface area contributed by atoms with Crippen LogP contribution >= 0.6 is 22.7 Å². The van der Waals surface area contributed by atoms with E-state index in [9.17, 15) is 24.3 Å². The number of rotatable bonds is 13. The van der Waals surface area contributed by atoms with E-state index in [4.69, 9.17) is 14.2 Å². The molecule has 2 amide bonds. The monoisotopic (exact) mass is 982 g/mol. The van der Waals surface area contributed by atoms with Crippen molar-refractivity contribution in [1.29, 1.82) is 0 Å². The highest BCUT2D eigenvalue weighted by atomic mass is 32.1. The van der Waals surface area contributed by atoms with Crippen LogP contribution in [0.2, 0.25) is 0 Å². The molecule has 70 heavy (non-hydrogen) atoms. The van der Waals surface area contributed by atoms with Crippen molar-refractivity contribution >= 4 is 68.4 Å². The highest BCUT2D eigenvalue weighted by Crippen LogP contribution is 2.53. The molecule has 1 N–H and O–H groups in total. The van der Waals surface area contributed by atoms with E-state index in [0.717, 1.165) is 83.8 Å². The van der Waals surface area contributed by atoms with Gasteiger partial charge in [-0.3, -0.25) is 9.80 Å². The van der Waals surface area contributed by atoms with E-state index in [1.165, 1.54) is 22.7 Å². The van der Waals surface area contributed by atoms with E-state index < -0.39 is 11.9 Å². The maximum atomic E-state index is 13.5. The Morgan fingerprint density at radius 1 is 0.586 bits per heavy atom. The second-order valence-corrected chi connectivity index (χ2v) is 19.5. The van der Waals surface area contributed by atoms with Gasteiger partial charge in [0.1, 0.15) is 13.2 Å². The Labute approximate surface area is 416 Å². The molecule has 2 fully saturated rings. The van der Waals surface area contributed by atoms with E-state index in [1.54, 1.807) is 17.7 Å². The number of aromatic carboxylic acids is 1. The number of thiazole rings is 2. The second-order valence-electron chi connectivity index (χ2n) is 17.8. The van der Waals surface area contributed by atoms with Gasteiger partial charge < -0.3 is 29.1 Å². The SMILES string of the molecule is CCN(c1nc(C(=O)O)cs1)C1c2ccccc2N(C(=O)OCc2ccccc2)C2CCCC12.CCOC(=O)c1csc(N(CC)C2c3ccccc3N(C(=O)OCc3ccccc3)C3CCCC23)n1. The summed E-state index contributed by atoms with van der Waals surface area (Å²) in [5.74, 6) is -0.977. The molecule has 0 bridgehead atoms. The van der Waals surface area contributed by atoms with Crippen LogP contribution in [0.1, 0.15) is 115 Å². The topological polar surface area (TPSA) is 155 Å². The lowest BCUT2D eigenvalue weighted by atomic mass is 9.82. The number of hydrogen-bond acceptors (Lipinski definition) is 13. The first-order valence-electron chi connectivity index (χ1n) is 24.2. The van der Waals surface area contributed by atoms with Gasteiger partial charge >= 0.3 is 24.1 Å². The number of hydrogen-bond donors (Lipinski definition) is 1. The molecule has 14 nitrogen and oxygen atoms in total. The van der Waals surface area contributed by atoms with E-state index in [-0.39, 0.29) is 67.1 Å². The van der Waals surface area contributed by atoms with Crippen molar-refractivity contribution in [2.45, 2.75) is 96.7 Å². The predicted octanol–water partition coefficient (Wildman–Crippen LogP) is 11.9. The lowest BCUT2D eigenvalue weighted by Crippen LogP contribution is -2.51. The minimum atomic E-state index is -1.02. The fraction of sp³-hybridized carbons (Fsp3) is 0.370. The molecule has 6 atom stereocenters. The van der Waals surface area contributed by atoms with Crippen LogP contribution in [0.3, 0.4) is 0 Å². The van der Waals surface area contributed by atoms with Gasteiger partial charge in [-0.1, -0.05) is 110 Å². The molecule has 0 spiro atoms. The largest absolute Gasteiger partial charge is 0.476 e. The molecule has 2 aromatic heterocycles. The number of amides is 2. The average Bonchev–Trinajstić information content (AvgIpc) is 4.25. The van der Waals surface area contributed by atoms with Crippen LogP contribution in [0, 0.1) is 11.8 Å². The Morgan fingerprint density at radius 2 is 1.01 bits per heavy atom. The Kier molecular flexibility index (Phi) is 15.1. The summed E-state index contributed by atoms with van der Waals surface area (Å²) in [5, 5.41) is 14.2. The Hall–Kier alpha value is -6.78. The zero-order valence-corrected chi connectivity index (χ0v) is 41.2. The molecular formula is C54H58N6O8S2. The molecule has 4 aromatic carbocycles. The summed E-state index contributed by atoms with van der Waals surface area (Å²) in [6.07, 6.45) is 5.29. The Bertz CT molecular complexity index is 2770. The fourth-order valence-electron chi connectivity index (χ4n) is 11.0. The summed E-state index contributed by atoms with van der Waals surface area (Å²) in [5.41, 5.74) is 6.23. The number of fused-ring (bicyclic) bond motifs is 4. The number of aromatic nitrogens is 2.